The van der Waals surface area contributed by atoms with E-state index in [4.69, 9.17) is 0 Å². The number of carbonyl (C=O) groups is 1. The second-order valence-electron chi connectivity index (χ2n) is 6.64. The van der Waals surface area contributed by atoms with Crippen molar-refractivity contribution in [1.29, 1.82) is 0 Å². The Kier molecular flexibility index (Phi) is 6.32. The first-order valence-electron chi connectivity index (χ1n) is 7.30. The monoisotopic (exact) mass is 367 g/mol. The summed E-state index contributed by atoms with van der Waals surface area (Å²) in [7, 11) is -1.59. The summed E-state index contributed by atoms with van der Waals surface area (Å²) in [5.74, 6) is -1.33. The quantitative estimate of drug-likeness (QED) is 0.797. The summed E-state index contributed by atoms with van der Waals surface area (Å²) in [4.78, 5) is 11.2. The summed E-state index contributed by atoms with van der Waals surface area (Å²) >= 11 is 0. The molecule has 0 unspecified atom stereocenters. The number of halogens is 4. The zero-order valence-corrected chi connectivity index (χ0v) is 15.0. The van der Waals surface area contributed by atoms with Crippen molar-refractivity contribution in [2.24, 2.45) is 0 Å². The fraction of sp³-hybridized carbons (Fsp3) is 0.562. The van der Waals surface area contributed by atoms with Crippen molar-refractivity contribution in [3.8, 4) is 0 Å². The Morgan fingerprint density at radius 1 is 1.25 bits per heavy atom. The topological polar surface area (TPSA) is 46.2 Å². The van der Waals surface area contributed by atoms with Gasteiger partial charge in [0, 0.05) is 18.0 Å². The Bertz CT molecular complexity index is 651. The van der Waals surface area contributed by atoms with Crippen LogP contribution in [0.25, 0.3) is 0 Å². The van der Waals surface area contributed by atoms with Crippen molar-refractivity contribution in [2.75, 3.05) is 0 Å². The van der Waals surface area contributed by atoms with Gasteiger partial charge in [-0.25, -0.2) is 13.3 Å². The number of hydrogen-bond donors (Lipinski definition) is 1. The molecular weight excluding hydrogens is 346 g/mol. The molecule has 1 aromatic rings. The lowest BCUT2D eigenvalue weighted by Gasteiger charge is -2.23. The van der Waals surface area contributed by atoms with Crippen LogP contribution >= 0.6 is 0 Å². The number of Topliss-reactive ketones (excluding diaryl/α,β-unsaturated/α-hetero) is 1. The van der Waals surface area contributed by atoms with E-state index in [0.29, 0.717) is 12.1 Å². The third-order valence-electron chi connectivity index (χ3n) is 3.25. The van der Waals surface area contributed by atoms with Crippen molar-refractivity contribution >= 4 is 16.8 Å². The lowest BCUT2D eigenvalue weighted by molar-refractivity contribution is -0.137. The van der Waals surface area contributed by atoms with Gasteiger partial charge in [-0.15, -0.1) is 0 Å². The van der Waals surface area contributed by atoms with E-state index in [1.165, 1.54) is 13.8 Å². The third-order valence-corrected chi connectivity index (χ3v) is 4.93. The molecule has 0 spiro atoms. The molecule has 3 nitrogen and oxygen atoms in total. The van der Waals surface area contributed by atoms with Crippen LogP contribution in [-0.4, -0.2) is 14.7 Å². The van der Waals surface area contributed by atoms with Gasteiger partial charge in [-0.2, -0.15) is 13.2 Å². The number of rotatable bonds is 5. The number of alkyl halides is 3. The molecular formula is C16H21F4NO2S. The molecule has 0 aliphatic heterocycles. The fourth-order valence-corrected chi connectivity index (χ4v) is 2.79. The summed E-state index contributed by atoms with van der Waals surface area (Å²) in [6.45, 7) is 7.67. The van der Waals surface area contributed by atoms with Crippen LogP contribution in [0, 0.1) is 5.82 Å². The molecule has 0 bridgehead atoms. The molecule has 0 aromatic heterocycles. The molecule has 2 atom stereocenters. The molecule has 0 saturated heterocycles. The second kappa shape index (κ2) is 7.31. The summed E-state index contributed by atoms with van der Waals surface area (Å²) in [5, 5.41) is 0. The molecule has 1 aromatic carbocycles. The van der Waals surface area contributed by atoms with E-state index >= 15 is 0 Å². The maximum atomic E-state index is 14.5. The molecule has 24 heavy (non-hydrogen) atoms. The Morgan fingerprint density at radius 2 is 1.79 bits per heavy atom. The van der Waals surface area contributed by atoms with E-state index in [-0.39, 0.29) is 11.1 Å². The normalized spacial score (nSPS) is 15.2. The SMILES string of the molecule is CC(=O)Cc1cc(C(F)(F)F)cc([C@@H](C)N[S@](=O)C(C)(C)C)c1F. The number of hydrogen-bond acceptors (Lipinski definition) is 2. The molecule has 0 aliphatic carbocycles. The molecule has 0 heterocycles. The lowest BCUT2D eigenvalue weighted by Crippen LogP contribution is -2.35. The van der Waals surface area contributed by atoms with Crippen LogP contribution in [0.1, 0.15) is 57.4 Å². The maximum Gasteiger partial charge on any atom is 0.416 e. The molecule has 0 saturated carbocycles. The average molecular weight is 367 g/mol. The van der Waals surface area contributed by atoms with Gasteiger partial charge < -0.3 is 0 Å². The summed E-state index contributed by atoms with van der Waals surface area (Å²) in [6, 6.07) is 0.419. The van der Waals surface area contributed by atoms with Crippen LogP contribution in [0.4, 0.5) is 17.6 Å². The average Bonchev–Trinajstić information content (AvgIpc) is 2.37. The number of carbonyl (C=O) groups excluding carboxylic acids is 1. The molecule has 8 heteroatoms. The second-order valence-corrected chi connectivity index (χ2v) is 8.63. The molecule has 0 fully saturated rings. The Morgan fingerprint density at radius 3 is 2.21 bits per heavy atom. The number of benzene rings is 1. The van der Waals surface area contributed by atoms with Gasteiger partial charge in [0.25, 0.3) is 0 Å². The largest absolute Gasteiger partial charge is 0.416 e. The Hall–Kier alpha value is -1.28. The molecule has 0 radical (unpaired) electrons. The van der Waals surface area contributed by atoms with Crippen LogP contribution in [0.5, 0.6) is 0 Å². The minimum absolute atomic E-state index is 0.265. The van der Waals surface area contributed by atoms with Crippen molar-refractivity contribution in [3.63, 3.8) is 0 Å². The van der Waals surface area contributed by atoms with Crippen LogP contribution < -0.4 is 4.72 Å². The third kappa shape index (κ3) is 5.37. The fourth-order valence-electron chi connectivity index (χ4n) is 1.99. The van der Waals surface area contributed by atoms with Crippen molar-refractivity contribution in [1.82, 2.24) is 4.72 Å². The van der Waals surface area contributed by atoms with Crippen molar-refractivity contribution in [2.45, 2.75) is 58.0 Å². The maximum absolute atomic E-state index is 14.5. The van der Waals surface area contributed by atoms with Gasteiger partial charge in [0.1, 0.15) is 11.6 Å². The highest BCUT2D eigenvalue weighted by Crippen LogP contribution is 2.34. The zero-order valence-electron chi connectivity index (χ0n) is 14.2. The van der Waals surface area contributed by atoms with Gasteiger partial charge in [-0.3, -0.25) is 4.79 Å². The van der Waals surface area contributed by atoms with Gasteiger partial charge in [-0.05, 0) is 52.3 Å². The first-order chi connectivity index (χ1) is 10.7. The zero-order chi connectivity index (χ0) is 18.9. The molecule has 1 N–H and O–H groups in total. The van der Waals surface area contributed by atoms with Gasteiger partial charge in [0.2, 0.25) is 0 Å². The Balaban J connectivity index is 3.34. The van der Waals surface area contributed by atoms with E-state index in [9.17, 15) is 26.6 Å². The lowest BCUT2D eigenvalue weighted by atomic mass is 9.97. The first kappa shape index (κ1) is 20.8. The highest BCUT2D eigenvalue weighted by molar-refractivity contribution is 7.84. The van der Waals surface area contributed by atoms with E-state index in [2.05, 4.69) is 4.72 Å². The molecule has 1 rings (SSSR count). The Labute approximate surface area is 141 Å². The number of nitrogens with one attached hydrogen (secondary N) is 1. The standard InChI is InChI=1S/C16H21F4NO2S/c1-9(22)6-11-7-12(16(18,19)20)8-13(14(11)17)10(2)21-24(23)15(3,4)5/h7-8,10,21H,6H2,1-5H3/t10-,24-/m1/s1. The highest BCUT2D eigenvalue weighted by atomic mass is 32.2. The predicted octanol–water partition coefficient (Wildman–Crippen LogP) is 4.09. The van der Waals surface area contributed by atoms with Crippen LogP contribution in [0.15, 0.2) is 12.1 Å². The first-order valence-corrected chi connectivity index (χ1v) is 8.45. The van der Waals surface area contributed by atoms with E-state index < -0.39 is 51.5 Å². The molecule has 0 amide bonds. The van der Waals surface area contributed by atoms with Crippen LogP contribution in [0.3, 0.4) is 0 Å². The smallest absolute Gasteiger partial charge is 0.300 e. The van der Waals surface area contributed by atoms with Crippen LogP contribution in [-0.2, 0) is 28.4 Å². The van der Waals surface area contributed by atoms with Crippen LogP contribution in [0.2, 0.25) is 0 Å². The van der Waals surface area contributed by atoms with Gasteiger partial charge in [0.15, 0.2) is 0 Å². The predicted molar refractivity (Wildman–Crippen MR) is 85.2 cm³/mol. The summed E-state index contributed by atoms with van der Waals surface area (Å²) < 4.78 is 67.7. The van der Waals surface area contributed by atoms with Crippen molar-refractivity contribution < 1.29 is 26.6 Å². The van der Waals surface area contributed by atoms with Crippen molar-refractivity contribution in [3.05, 3.63) is 34.6 Å². The molecule has 136 valence electrons. The van der Waals surface area contributed by atoms with E-state index in [0.717, 1.165) is 0 Å². The minimum atomic E-state index is -4.67. The van der Waals surface area contributed by atoms with E-state index in [1.807, 2.05) is 0 Å². The summed E-state index contributed by atoms with van der Waals surface area (Å²) in [6.07, 6.45) is -5.10. The minimum Gasteiger partial charge on any atom is -0.300 e. The number of ketones is 1. The highest BCUT2D eigenvalue weighted by Gasteiger charge is 2.33. The van der Waals surface area contributed by atoms with E-state index in [1.54, 1.807) is 20.8 Å². The van der Waals surface area contributed by atoms with Gasteiger partial charge in [0.05, 0.1) is 21.3 Å². The summed E-state index contributed by atoms with van der Waals surface area (Å²) in [5.41, 5.74) is -1.62. The van der Waals surface area contributed by atoms with Gasteiger partial charge in [-0.1, -0.05) is 0 Å². The molecule has 0 aliphatic rings. The van der Waals surface area contributed by atoms with Gasteiger partial charge >= 0.3 is 6.18 Å².